The van der Waals surface area contributed by atoms with Crippen LogP contribution in [0, 0.1) is 0 Å². The molecule has 0 saturated carbocycles. The van der Waals surface area contributed by atoms with Crippen molar-refractivity contribution in [3.8, 4) is 0 Å². The Kier molecular flexibility index (Phi) is 7.22. The van der Waals surface area contributed by atoms with Gasteiger partial charge in [-0.2, -0.15) is 0 Å². The zero-order valence-electron chi connectivity index (χ0n) is 16.7. The van der Waals surface area contributed by atoms with Gasteiger partial charge in [-0.3, -0.25) is 0 Å². The molecule has 0 amide bonds. The number of rotatable bonds is 8. The Hall–Kier alpha value is -1.39. The van der Waals surface area contributed by atoms with Crippen molar-refractivity contribution < 1.29 is 27.8 Å². The molecule has 2 rings (SSSR count). The van der Waals surface area contributed by atoms with Gasteiger partial charge in [0.15, 0.2) is 4.93 Å². The van der Waals surface area contributed by atoms with Crippen LogP contribution in [0.2, 0.25) is 0 Å². The Morgan fingerprint density at radius 3 is 2.17 bits per heavy atom. The van der Waals surface area contributed by atoms with E-state index in [-0.39, 0.29) is 10.5 Å². The molecule has 1 unspecified atom stereocenters. The Morgan fingerprint density at radius 1 is 1.03 bits per heavy atom. The van der Waals surface area contributed by atoms with Crippen LogP contribution in [-0.2, 0) is 19.3 Å². The highest BCUT2D eigenvalue weighted by Crippen LogP contribution is 2.43. The molecular formula is C20H23BrO6S2. The highest BCUT2D eigenvalue weighted by atomic mass is 79.9. The van der Waals surface area contributed by atoms with E-state index in [4.69, 9.17) is 9.47 Å². The van der Waals surface area contributed by atoms with Crippen molar-refractivity contribution in [2.45, 2.75) is 46.0 Å². The Labute approximate surface area is 183 Å². The Morgan fingerprint density at radius 2 is 1.66 bits per heavy atom. The molecule has 6 nitrogen and oxygen atoms in total. The number of sulfone groups is 1. The summed E-state index contributed by atoms with van der Waals surface area (Å²) in [4.78, 5) is 10.8. The average Bonchev–Trinajstić information content (AvgIpc) is 2.68. The van der Waals surface area contributed by atoms with Gasteiger partial charge in [-0.05, 0) is 67.0 Å². The number of carbonyl (C=O) groups is 1. The molecule has 0 spiro atoms. The summed E-state index contributed by atoms with van der Waals surface area (Å²) in [7, 11) is -1.50. The molecule has 2 aromatic rings. The lowest BCUT2D eigenvalue weighted by atomic mass is 10.0. The standard InChI is InChI=1S/C20H23BrO6S2/c1-19(2,26-4)20(3,27-5)29(24,25)17-12-13(18(22)23)10-11-16(17)28-15-9-7-6-8-14(15)21/h6-12H,1-5H3,(H,22,23). The van der Waals surface area contributed by atoms with Gasteiger partial charge in [-0.25, -0.2) is 13.2 Å². The molecule has 158 valence electrons. The van der Waals surface area contributed by atoms with Gasteiger partial charge in [0.1, 0.15) is 5.60 Å². The summed E-state index contributed by atoms with van der Waals surface area (Å²) in [6.07, 6.45) is 0. The van der Waals surface area contributed by atoms with Gasteiger partial charge in [-0.15, -0.1) is 0 Å². The SMILES string of the molecule is COC(C)(C)C(C)(OC)S(=O)(=O)c1cc(C(=O)O)ccc1Sc1ccccc1Br. The molecule has 0 fully saturated rings. The second kappa shape index (κ2) is 8.77. The van der Waals surface area contributed by atoms with Crippen molar-refractivity contribution in [2.75, 3.05) is 14.2 Å². The van der Waals surface area contributed by atoms with Gasteiger partial charge >= 0.3 is 5.97 Å². The summed E-state index contributed by atoms with van der Waals surface area (Å²) in [5, 5.41) is 9.40. The fraction of sp³-hybridized carbons (Fsp3) is 0.350. The van der Waals surface area contributed by atoms with Crippen molar-refractivity contribution in [3.63, 3.8) is 0 Å². The number of carboxylic acid groups (broad SMARTS) is 1. The first-order valence-corrected chi connectivity index (χ1v) is 11.6. The third-order valence-electron chi connectivity index (χ3n) is 5.04. The maximum atomic E-state index is 13.7. The minimum atomic E-state index is -4.19. The first kappa shape index (κ1) is 23.9. The van der Waals surface area contributed by atoms with Crippen LogP contribution >= 0.6 is 27.7 Å². The zero-order valence-corrected chi connectivity index (χ0v) is 19.9. The van der Waals surface area contributed by atoms with Crippen LogP contribution in [0.4, 0.5) is 0 Å². The van der Waals surface area contributed by atoms with Crippen LogP contribution in [0.5, 0.6) is 0 Å². The van der Waals surface area contributed by atoms with E-state index < -0.39 is 26.3 Å². The summed E-state index contributed by atoms with van der Waals surface area (Å²) in [6, 6.07) is 11.4. The molecule has 0 bridgehead atoms. The van der Waals surface area contributed by atoms with E-state index >= 15 is 0 Å². The molecule has 29 heavy (non-hydrogen) atoms. The number of methoxy groups -OCH3 is 2. The summed E-state index contributed by atoms with van der Waals surface area (Å²) in [5.41, 5.74) is -1.34. The number of benzene rings is 2. The Balaban J connectivity index is 2.75. The lowest BCUT2D eigenvalue weighted by molar-refractivity contribution is -0.111. The molecule has 0 heterocycles. The largest absolute Gasteiger partial charge is 0.478 e. The van der Waals surface area contributed by atoms with Crippen molar-refractivity contribution in [1.82, 2.24) is 0 Å². The second-order valence-corrected chi connectivity index (χ2v) is 11.0. The first-order chi connectivity index (χ1) is 13.4. The minimum Gasteiger partial charge on any atom is -0.478 e. The number of halogens is 1. The average molecular weight is 503 g/mol. The van der Waals surface area contributed by atoms with Gasteiger partial charge in [0.25, 0.3) is 0 Å². The van der Waals surface area contributed by atoms with E-state index in [0.717, 1.165) is 9.37 Å². The molecule has 1 atom stereocenters. The smallest absolute Gasteiger partial charge is 0.335 e. The van der Waals surface area contributed by atoms with Crippen LogP contribution in [0.25, 0.3) is 0 Å². The molecule has 2 aromatic carbocycles. The predicted octanol–water partition coefficient (Wildman–Crippen LogP) is 4.86. The van der Waals surface area contributed by atoms with Crippen LogP contribution in [0.3, 0.4) is 0 Å². The first-order valence-electron chi connectivity index (χ1n) is 8.56. The highest BCUT2D eigenvalue weighted by molar-refractivity contribution is 9.10. The van der Waals surface area contributed by atoms with E-state index in [0.29, 0.717) is 4.90 Å². The molecule has 0 aliphatic heterocycles. The van der Waals surface area contributed by atoms with Crippen molar-refractivity contribution >= 4 is 43.5 Å². The van der Waals surface area contributed by atoms with Crippen LogP contribution in [-0.4, -0.2) is 44.2 Å². The van der Waals surface area contributed by atoms with Gasteiger partial charge in [0.05, 0.1) is 10.5 Å². The fourth-order valence-electron chi connectivity index (χ4n) is 2.66. The lowest BCUT2D eigenvalue weighted by Crippen LogP contribution is -2.56. The maximum absolute atomic E-state index is 13.7. The Bertz CT molecular complexity index is 1020. The van der Waals surface area contributed by atoms with Crippen LogP contribution in [0.1, 0.15) is 31.1 Å². The van der Waals surface area contributed by atoms with Gasteiger partial charge in [-0.1, -0.05) is 23.9 Å². The van der Waals surface area contributed by atoms with Crippen molar-refractivity contribution in [2.24, 2.45) is 0 Å². The van der Waals surface area contributed by atoms with E-state index in [1.807, 2.05) is 24.3 Å². The fourth-order valence-corrected chi connectivity index (χ4v) is 6.47. The van der Waals surface area contributed by atoms with Gasteiger partial charge in [0, 0.05) is 28.5 Å². The number of aromatic carboxylic acids is 1. The second-order valence-electron chi connectivity index (χ2n) is 6.87. The molecule has 1 N–H and O–H groups in total. The molecular weight excluding hydrogens is 480 g/mol. The molecule has 0 saturated heterocycles. The summed E-state index contributed by atoms with van der Waals surface area (Å²) >= 11 is 4.67. The van der Waals surface area contributed by atoms with Crippen molar-refractivity contribution in [3.05, 3.63) is 52.5 Å². The third kappa shape index (κ3) is 4.39. The number of hydrogen-bond acceptors (Lipinski definition) is 6. The lowest BCUT2D eigenvalue weighted by Gasteiger charge is -2.41. The molecule has 0 aliphatic rings. The topological polar surface area (TPSA) is 89.9 Å². The van der Waals surface area contributed by atoms with E-state index in [2.05, 4.69) is 15.9 Å². The van der Waals surface area contributed by atoms with E-state index in [9.17, 15) is 18.3 Å². The zero-order chi connectivity index (χ0) is 22.0. The molecule has 0 aromatic heterocycles. The van der Waals surface area contributed by atoms with Crippen molar-refractivity contribution in [1.29, 1.82) is 0 Å². The molecule has 0 aliphatic carbocycles. The quantitative estimate of drug-likeness (QED) is 0.550. The number of ether oxygens (including phenoxy) is 2. The minimum absolute atomic E-state index is 0.131. The van der Waals surface area contributed by atoms with Crippen LogP contribution < -0.4 is 0 Å². The molecule has 9 heteroatoms. The highest BCUT2D eigenvalue weighted by Gasteiger charge is 2.54. The maximum Gasteiger partial charge on any atom is 0.335 e. The predicted molar refractivity (Wildman–Crippen MR) is 115 cm³/mol. The van der Waals surface area contributed by atoms with Crippen LogP contribution in [0.15, 0.2) is 61.6 Å². The van der Waals surface area contributed by atoms with E-state index in [1.54, 1.807) is 13.8 Å². The summed E-state index contributed by atoms with van der Waals surface area (Å²) < 4.78 is 39.2. The third-order valence-corrected chi connectivity index (χ3v) is 9.88. The van der Waals surface area contributed by atoms with E-state index in [1.165, 1.54) is 51.1 Å². The normalized spacial score (nSPS) is 14.4. The summed E-state index contributed by atoms with van der Waals surface area (Å²) in [5.74, 6) is -1.22. The van der Waals surface area contributed by atoms with Gasteiger partial charge in [0.2, 0.25) is 9.84 Å². The van der Waals surface area contributed by atoms with Gasteiger partial charge < -0.3 is 14.6 Å². The summed E-state index contributed by atoms with van der Waals surface area (Å²) in [6.45, 7) is 4.64. The molecule has 0 radical (unpaired) electrons. The monoisotopic (exact) mass is 502 g/mol. The number of carboxylic acids is 1. The number of hydrogen-bond donors (Lipinski definition) is 1.